The van der Waals surface area contributed by atoms with Gasteiger partial charge in [-0.05, 0) is 19.1 Å². The molecule has 0 saturated heterocycles. The van der Waals surface area contributed by atoms with E-state index in [9.17, 15) is 18.4 Å². The molecule has 2 amide bonds. The van der Waals surface area contributed by atoms with E-state index in [0.717, 1.165) is 23.3 Å². The van der Waals surface area contributed by atoms with Gasteiger partial charge >= 0.3 is 0 Å². The van der Waals surface area contributed by atoms with Crippen molar-refractivity contribution in [2.75, 3.05) is 11.9 Å². The van der Waals surface area contributed by atoms with E-state index >= 15 is 0 Å². The van der Waals surface area contributed by atoms with Crippen molar-refractivity contribution in [2.45, 2.75) is 6.92 Å². The Kier molecular flexibility index (Phi) is 5.25. The van der Waals surface area contributed by atoms with Crippen LogP contribution in [0.5, 0.6) is 0 Å². The normalized spacial score (nSPS) is 10.5. The van der Waals surface area contributed by atoms with Gasteiger partial charge in [0.15, 0.2) is 11.6 Å². The summed E-state index contributed by atoms with van der Waals surface area (Å²) < 4.78 is 31.0. The zero-order chi connectivity index (χ0) is 19.4. The minimum absolute atomic E-state index is 0.0498. The zero-order valence-electron chi connectivity index (χ0n) is 14.3. The summed E-state index contributed by atoms with van der Waals surface area (Å²) in [6.45, 7) is 1.58. The number of halogens is 2. The summed E-state index contributed by atoms with van der Waals surface area (Å²) in [5.41, 5.74) is 2.45. The molecule has 8 heteroatoms. The lowest BCUT2D eigenvalue weighted by Gasteiger charge is -2.06. The van der Waals surface area contributed by atoms with Gasteiger partial charge < -0.3 is 15.2 Å². The fraction of sp³-hybridized carbons (Fsp3) is 0.105. The van der Waals surface area contributed by atoms with Gasteiger partial charge in [0.1, 0.15) is 5.69 Å². The van der Waals surface area contributed by atoms with Crippen LogP contribution in [0.2, 0.25) is 0 Å². The molecular weight excluding hydrogens is 356 g/mol. The third-order valence-corrected chi connectivity index (χ3v) is 3.69. The average Bonchev–Trinajstić information content (AvgIpc) is 3.13. The van der Waals surface area contributed by atoms with Crippen LogP contribution in [-0.4, -0.2) is 23.5 Å². The van der Waals surface area contributed by atoms with Crippen LogP contribution in [0.15, 0.2) is 53.1 Å². The van der Waals surface area contributed by atoms with Gasteiger partial charge in [0.2, 0.25) is 11.7 Å². The van der Waals surface area contributed by atoms with Crippen LogP contribution in [0.1, 0.15) is 16.1 Å². The molecule has 0 unspecified atom stereocenters. The topological polar surface area (TPSA) is 84.2 Å². The molecule has 0 bridgehead atoms. The predicted octanol–water partition coefficient (Wildman–Crippen LogP) is 3.30. The summed E-state index contributed by atoms with van der Waals surface area (Å²) in [4.78, 5) is 23.9. The summed E-state index contributed by atoms with van der Waals surface area (Å²) in [5.74, 6) is -3.38. The summed E-state index contributed by atoms with van der Waals surface area (Å²) >= 11 is 0. The SMILES string of the molecule is Cc1ccc(-c2cc(C(=O)NCC(=O)Nc3ccc(F)c(F)c3)on2)cc1. The molecule has 0 spiro atoms. The van der Waals surface area contributed by atoms with E-state index in [0.29, 0.717) is 5.69 Å². The second-order valence-corrected chi connectivity index (χ2v) is 5.80. The highest BCUT2D eigenvalue weighted by atomic mass is 19.2. The maximum absolute atomic E-state index is 13.1. The first-order chi connectivity index (χ1) is 12.9. The Labute approximate surface area is 153 Å². The van der Waals surface area contributed by atoms with Crippen LogP contribution in [0.25, 0.3) is 11.3 Å². The zero-order valence-corrected chi connectivity index (χ0v) is 14.3. The molecule has 3 aromatic rings. The summed E-state index contributed by atoms with van der Waals surface area (Å²) in [6, 6.07) is 11.9. The number of benzene rings is 2. The van der Waals surface area contributed by atoms with Gasteiger partial charge in [0.25, 0.3) is 5.91 Å². The maximum atomic E-state index is 13.1. The molecule has 1 aromatic heterocycles. The Balaban J connectivity index is 1.56. The molecule has 138 valence electrons. The third-order valence-electron chi connectivity index (χ3n) is 3.69. The first-order valence-corrected chi connectivity index (χ1v) is 7.99. The Bertz CT molecular complexity index is 984. The molecule has 0 aliphatic rings. The number of nitrogens with zero attached hydrogens (tertiary/aromatic N) is 1. The van der Waals surface area contributed by atoms with Gasteiger partial charge in [-0.1, -0.05) is 35.0 Å². The largest absolute Gasteiger partial charge is 0.350 e. The number of carbonyl (C=O) groups is 2. The number of anilines is 1. The van der Waals surface area contributed by atoms with Gasteiger partial charge in [0, 0.05) is 23.4 Å². The van der Waals surface area contributed by atoms with Crippen molar-refractivity contribution in [3.63, 3.8) is 0 Å². The molecule has 2 N–H and O–H groups in total. The van der Waals surface area contributed by atoms with E-state index in [1.807, 2.05) is 31.2 Å². The highest BCUT2D eigenvalue weighted by Gasteiger charge is 2.15. The second kappa shape index (κ2) is 7.77. The monoisotopic (exact) mass is 371 g/mol. The van der Waals surface area contributed by atoms with E-state index in [-0.39, 0.29) is 18.0 Å². The molecule has 0 fully saturated rings. The minimum atomic E-state index is -1.08. The van der Waals surface area contributed by atoms with E-state index in [4.69, 9.17) is 4.52 Å². The fourth-order valence-corrected chi connectivity index (χ4v) is 2.27. The van der Waals surface area contributed by atoms with Crippen molar-refractivity contribution in [2.24, 2.45) is 0 Å². The number of carbonyl (C=O) groups excluding carboxylic acids is 2. The molecule has 0 radical (unpaired) electrons. The Hall–Kier alpha value is -3.55. The van der Waals surface area contributed by atoms with Gasteiger partial charge in [-0.15, -0.1) is 0 Å². The number of nitrogens with one attached hydrogen (secondary N) is 2. The van der Waals surface area contributed by atoms with E-state index in [1.54, 1.807) is 0 Å². The van der Waals surface area contributed by atoms with Crippen LogP contribution in [0.4, 0.5) is 14.5 Å². The third kappa shape index (κ3) is 4.55. The van der Waals surface area contributed by atoms with E-state index in [2.05, 4.69) is 15.8 Å². The van der Waals surface area contributed by atoms with Gasteiger partial charge in [-0.3, -0.25) is 9.59 Å². The molecule has 2 aromatic carbocycles. The molecule has 0 aliphatic carbocycles. The van der Waals surface area contributed by atoms with Crippen molar-refractivity contribution in [1.82, 2.24) is 10.5 Å². The average molecular weight is 371 g/mol. The van der Waals surface area contributed by atoms with Gasteiger partial charge in [0.05, 0.1) is 6.54 Å². The highest BCUT2D eigenvalue weighted by Crippen LogP contribution is 2.19. The number of hydrogen-bond donors (Lipinski definition) is 2. The van der Waals surface area contributed by atoms with Crippen molar-refractivity contribution >= 4 is 17.5 Å². The van der Waals surface area contributed by atoms with Crippen LogP contribution < -0.4 is 10.6 Å². The molecule has 0 atom stereocenters. The van der Waals surface area contributed by atoms with E-state index < -0.39 is 23.4 Å². The number of hydrogen-bond acceptors (Lipinski definition) is 4. The van der Waals surface area contributed by atoms with Crippen molar-refractivity contribution < 1.29 is 22.9 Å². The van der Waals surface area contributed by atoms with Crippen LogP contribution in [0.3, 0.4) is 0 Å². The quantitative estimate of drug-likeness (QED) is 0.721. The van der Waals surface area contributed by atoms with Crippen molar-refractivity contribution in [3.8, 4) is 11.3 Å². The Morgan fingerprint density at radius 2 is 1.78 bits per heavy atom. The summed E-state index contributed by atoms with van der Waals surface area (Å²) in [6.07, 6.45) is 0. The smallest absolute Gasteiger partial charge is 0.290 e. The number of amides is 2. The van der Waals surface area contributed by atoms with Crippen molar-refractivity contribution in [1.29, 1.82) is 0 Å². The first-order valence-electron chi connectivity index (χ1n) is 7.99. The van der Waals surface area contributed by atoms with Gasteiger partial charge in [-0.25, -0.2) is 8.78 Å². The maximum Gasteiger partial charge on any atom is 0.290 e. The standard InChI is InChI=1S/C19H15F2N3O3/c1-11-2-4-12(5-3-11)16-9-17(27-24-16)19(26)22-10-18(25)23-13-6-7-14(20)15(21)8-13/h2-9H,10H2,1H3,(H,22,26)(H,23,25). The van der Waals surface area contributed by atoms with Crippen molar-refractivity contribution in [3.05, 3.63) is 71.5 Å². The molecule has 1 heterocycles. The molecule has 0 aliphatic heterocycles. The molecule has 27 heavy (non-hydrogen) atoms. The first kappa shape index (κ1) is 18.2. The van der Waals surface area contributed by atoms with Crippen LogP contribution in [0, 0.1) is 18.6 Å². The summed E-state index contributed by atoms with van der Waals surface area (Å²) in [5, 5.41) is 8.55. The molecule has 6 nitrogen and oxygen atoms in total. The fourth-order valence-electron chi connectivity index (χ4n) is 2.27. The Morgan fingerprint density at radius 1 is 1.04 bits per heavy atom. The minimum Gasteiger partial charge on any atom is -0.350 e. The number of rotatable bonds is 5. The predicted molar refractivity (Wildman–Crippen MR) is 94.0 cm³/mol. The molecular formula is C19H15F2N3O3. The highest BCUT2D eigenvalue weighted by molar-refractivity contribution is 5.98. The molecule has 3 rings (SSSR count). The lowest BCUT2D eigenvalue weighted by molar-refractivity contribution is -0.115. The van der Waals surface area contributed by atoms with Crippen LogP contribution >= 0.6 is 0 Å². The van der Waals surface area contributed by atoms with E-state index in [1.165, 1.54) is 12.1 Å². The second-order valence-electron chi connectivity index (χ2n) is 5.80. The Morgan fingerprint density at radius 3 is 2.48 bits per heavy atom. The molecule has 0 saturated carbocycles. The number of aryl methyl sites for hydroxylation is 1. The summed E-state index contributed by atoms with van der Waals surface area (Å²) in [7, 11) is 0. The number of aromatic nitrogens is 1. The lowest BCUT2D eigenvalue weighted by atomic mass is 10.1. The van der Waals surface area contributed by atoms with Gasteiger partial charge in [-0.2, -0.15) is 0 Å². The van der Waals surface area contributed by atoms with Crippen LogP contribution in [-0.2, 0) is 4.79 Å². The lowest BCUT2D eigenvalue weighted by Crippen LogP contribution is -2.32.